The number of aryl methyl sites for hydroxylation is 3. The zero-order valence-electron chi connectivity index (χ0n) is 27.7. The largest absolute Gasteiger partial charge is 0.482 e. The lowest BCUT2D eigenvalue weighted by atomic mass is 10.2. The smallest absolute Gasteiger partial charge is 0.343 e. The monoisotopic (exact) mass is 712 g/mol. The first-order chi connectivity index (χ1) is 23.4. The highest BCUT2D eigenvalue weighted by Gasteiger charge is 2.13. The summed E-state index contributed by atoms with van der Waals surface area (Å²) >= 11 is 2.84. The number of thioether (sulfide) groups is 2. The lowest BCUT2D eigenvalue weighted by Gasteiger charge is -2.11. The van der Waals surface area contributed by atoms with Crippen molar-refractivity contribution in [3.05, 3.63) is 93.5 Å². The first kappa shape index (κ1) is 38.4. The number of nitrogens with one attached hydrogen (secondary N) is 1. The number of carbonyl (C=O) groups is 2. The van der Waals surface area contributed by atoms with Crippen LogP contribution in [0.4, 0.5) is 14.6 Å². The van der Waals surface area contributed by atoms with Gasteiger partial charge in [0.05, 0.1) is 12.7 Å². The molecule has 49 heavy (non-hydrogen) atoms. The second-order valence-corrected chi connectivity index (χ2v) is 11.4. The predicted octanol–water partition coefficient (Wildman–Crippen LogP) is 6.03. The molecule has 3 heterocycles. The molecule has 0 aliphatic heterocycles. The highest BCUT2D eigenvalue weighted by molar-refractivity contribution is 7.98. The van der Waals surface area contributed by atoms with E-state index in [4.69, 9.17) is 9.47 Å². The molecule has 5 rings (SSSR count). The summed E-state index contributed by atoms with van der Waals surface area (Å²) in [5.41, 5.74) is 1.97. The number of aldehydes is 1. The van der Waals surface area contributed by atoms with Gasteiger partial charge in [-0.25, -0.2) is 33.5 Å². The van der Waals surface area contributed by atoms with Gasteiger partial charge in [0.25, 0.3) is 5.56 Å². The van der Waals surface area contributed by atoms with Gasteiger partial charge in [-0.2, -0.15) is 0 Å². The van der Waals surface area contributed by atoms with Crippen LogP contribution in [-0.4, -0.2) is 70.0 Å². The minimum absolute atomic E-state index is 0.148. The van der Waals surface area contributed by atoms with E-state index >= 15 is 0 Å². The van der Waals surface area contributed by atoms with E-state index in [1.165, 1.54) is 77.8 Å². The van der Waals surface area contributed by atoms with Crippen LogP contribution in [0.3, 0.4) is 0 Å². The van der Waals surface area contributed by atoms with Crippen LogP contribution in [-0.2, 0) is 16.6 Å². The van der Waals surface area contributed by atoms with Gasteiger partial charge in [-0.1, -0.05) is 23.5 Å². The van der Waals surface area contributed by atoms with Crippen LogP contribution >= 0.6 is 23.5 Å². The summed E-state index contributed by atoms with van der Waals surface area (Å²) < 4.78 is 42.4. The van der Waals surface area contributed by atoms with Crippen molar-refractivity contribution in [3.8, 4) is 17.2 Å². The molecule has 0 saturated carbocycles. The van der Waals surface area contributed by atoms with Crippen LogP contribution in [0.5, 0.6) is 17.2 Å². The van der Waals surface area contributed by atoms with Crippen LogP contribution in [0.15, 0.2) is 70.0 Å². The van der Waals surface area contributed by atoms with E-state index in [0.717, 1.165) is 6.29 Å². The first-order valence-electron chi connectivity index (χ1n) is 14.3. The number of methoxy groups -OCH3 is 1. The molecular formula is C33H34F2N6O6S2. The number of benzene rings is 2. The van der Waals surface area contributed by atoms with Crippen LogP contribution in [0.25, 0.3) is 11.0 Å². The third-order valence-corrected chi connectivity index (χ3v) is 7.61. The summed E-state index contributed by atoms with van der Waals surface area (Å²) in [4.78, 5) is 50.3. The Balaban J connectivity index is 0.000000215. The molecule has 0 bridgehead atoms. The third-order valence-electron chi connectivity index (χ3n) is 6.48. The minimum Gasteiger partial charge on any atom is -0.482 e. The normalized spacial score (nSPS) is 10.2. The minimum atomic E-state index is -0.464. The van der Waals surface area contributed by atoms with E-state index in [2.05, 4.69) is 30.0 Å². The number of ether oxygens (including phenoxy) is 3. The van der Waals surface area contributed by atoms with Crippen LogP contribution < -0.4 is 20.3 Å². The SMILES string of the molecule is CNc1nc(SC)ncc1C=O.COC(=O)COc1ccc(F)cc1C.CSc1ncc2cc(Oc3ccc(F)cc3C)c(=O)n(C)c2n1. The Kier molecular flexibility index (Phi) is 14.4. The highest BCUT2D eigenvalue weighted by Crippen LogP contribution is 2.26. The van der Waals surface area contributed by atoms with Gasteiger partial charge in [-0.3, -0.25) is 14.2 Å². The van der Waals surface area contributed by atoms with Crippen molar-refractivity contribution in [1.29, 1.82) is 0 Å². The molecule has 0 unspecified atom stereocenters. The summed E-state index contributed by atoms with van der Waals surface area (Å²) in [6.07, 6.45) is 7.65. The van der Waals surface area contributed by atoms with Gasteiger partial charge in [0, 0.05) is 31.9 Å². The summed E-state index contributed by atoms with van der Waals surface area (Å²) in [6, 6.07) is 9.85. The first-order valence-corrected chi connectivity index (χ1v) is 16.7. The maximum atomic E-state index is 13.2. The molecule has 0 spiro atoms. The summed E-state index contributed by atoms with van der Waals surface area (Å²) in [5.74, 6) is 0.502. The third kappa shape index (κ3) is 10.7. The fraction of sp³-hybridized carbons (Fsp3) is 0.242. The number of esters is 1. The van der Waals surface area contributed by atoms with Gasteiger partial charge in [-0.15, -0.1) is 0 Å². The number of fused-ring (bicyclic) bond motifs is 1. The number of nitrogens with zero attached hydrogens (tertiary/aromatic N) is 5. The second-order valence-electron chi connectivity index (χ2n) is 9.82. The van der Waals surface area contributed by atoms with Gasteiger partial charge in [0.2, 0.25) is 0 Å². The van der Waals surface area contributed by atoms with Crippen molar-refractivity contribution >= 4 is 52.6 Å². The second kappa shape index (κ2) is 18.5. The molecule has 0 amide bonds. The summed E-state index contributed by atoms with van der Waals surface area (Å²) in [7, 11) is 4.63. The zero-order valence-corrected chi connectivity index (χ0v) is 29.4. The Labute approximate surface area is 289 Å². The van der Waals surface area contributed by atoms with E-state index < -0.39 is 5.97 Å². The quantitative estimate of drug-likeness (QED) is 0.0822. The fourth-order valence-corrected chi connectivity index (χ4v) is 4.63. The van der Waals surface area contributed by atoms with Crippen LogP contribution in [0, 0.1) is 25.5 Å². The van der Waals surface area contributed by atoms with Crippen LogP contribution in [0.1, 0.15) is 21.5 Å². The Morgan fingerprint density at radius 3 is 2.06 bits per heavy atom. The van der Waals surface area contributed by atoms with Gasteiger partial charge in [-0.05, 0) is 80.0 Å². The Morgan fingerprint density at radius 1 is 0.918 bits per heavy atom. The Hall–Kier alpha value is -5.09. The Morgan fingerprint density at radius 2 is 1.51 bits per heavy atom. The van der Waals surface area contributed by atoms with Gasteiger partial charge in [0.1, 0.15) is 34.6 Å². The molecule has 3 aromatic heterocycles. The molecule has 0 saturated heterocycles. The topological polar surface area (TPSA) is 147 Å². The number of rotatable bonds is 9. The molecule has 258 valence electrons. The molecule has 0 radical (unpaired) electrons. The van der Waals surface area contributed by atoms with E-state index in [-0.39, 0.29) is 29.6 Å². The molecule has 12 nitrogen and oxygen atoms in total. The van der Waals surface area contributed by atoms with Gasteiger partial charge < -0.3 is 19.5 Å². The molecular weight excluding hydrogens is 679 g/mol. The number of aromatic nitrogens is 5. The molecule has 16 heteroatoms. The number of carbonyl (C=O) groups excluding carboxylic acids is 2. The highest BCUT2D eigenvalue weighted by atomic mass is 32.2. The van der Waals surface area contributed by atoms with E-state index in [0.29, 0.717) is 55.4 Å². The molecule has 0 fully saturated rings. The van der Waals surface area contributed by atoms with Gasteiger partial charge >= 0.3 is 5.97 Å². The van der Waals surface area contributed by atoms with E-state index in [1.54, 1.807) is 40.2 Å². The fourth-order valence-electron chi connectivity index (χ4n) is 3.95. The summed E-state index contributed by atoms with van der Waals surface area (Å²) in [5, 5.41) is 4.77. The lowest BCUT2D eigenvalue weighted by Crippen LogP contribution is -2.19. The van der Waals surface area contributed by atoms with Crippen molar-refractivity contribution in [2.75, 3.05) is 38.6 Å². The predicted molar refractivity (Wildman–Crippen MR) is 185 cm³/mol. The van der Waals surface area contributed by atoms with Crippen molar-refractivity contribution in [2.24, 2.45) is 7.05 Å². The standard InChI is InChI=1S/C16H14FN3O2S.C10H11FO3.C7H9N3OS/c1-9-6-11(17)4-5-12(9)22-13-7-10-8-18-16(23-3)19-14(10)20(2)15(13)21;1-7-5-8(11)3-4-9(7)14-6-10(12)13-2;1-8-6-5(4-11)3-9-7(10-6)12-2/h4-8H,1-3H3;3-5H,6H2,1-2H3;3-4H,1-2H3,(H,8,9,10). The van der Waals surface area contributed by atoms with Crippen molar-refractivity contribution < 1.29 is 32.6 Å². The van der Waals surface area contributed by atoms with Crippen molar-refractivity contribution in [3.63, 3.8) is 0 Å². The average Bonchev–Trinajstić information content (AvgIpc) is 3.11. The molecule has 0 atom stereocenters. The maximum absolute atomic E-state index is 13.2. The number of hydrogen-bond acceptors (Lipinski definition) is 13. The zero-order chi connectivity index (χ0) is 36.1. The number of anilines is 1. The molecule has 1 N–H and O–H groups in total. The maximum Gasteiger partial charge on any atom is 0.343 e. The van der Waals surface area contributed by atoms with E-state index in [1.807, 2.05) is 12.5 Å². The molecule has 0 aliphatic rings. The van der Waals surface area contributed by atoms with Crippen LogP contribution in [0.2, 0.25) is 0 Å². The number of hydrogen-bond donors (Lipinski definition) is 1. The molecule has 5 aromatic rings. The molecule has 2 aromatic carbocycles. The Bertz CT molecular complexity index is 2000. The van der Waals surface area contributed by atoms with Crippen molar-refractivity contribution in [2.45, 2.75) is 24.2 Å². The summed E-state index contributed by atoms with van der Waals surface area (Å²) in [6.45, 7) is 3.26. The lowest BCUT2D eigenvalue weighted by molar-refractivity contribution is -0.142. The van der Waals surface area contributed by atoms with E-state index in [9.17, 15) is 23.2 Å². The average molecular weight is 713 g/mol. The number of halogens is 2. The van der Waals surface area contributed by atoms with Gasteiger partial charge in [0.15, 0.2) is 29.0 Å². The number of pyridine rings is 1. The van der Waals surface area contributed by atoms with Crippen molar-refractivity contribution in [1.82, 2.24) is 24.5 Å². The molecule has 0 aliphatic carbocycles.